The SMILES string of the molecule is O=C(c1cc[nH]c(=O)c1)N1CC(N2CCN(C3CCCCC3)CC2)C1. The predicted molar refractivity (Wildman–Crippen MR) is 96.8 cm³/mol. The molecule has 0 spiro atoms. The lowest BCUT2D eigenvalue weighted by Crippen LogP contribution is -2.64. The fourth-order valence-electron chi connectivity index (χ4n) is 4.53. The van der Waals surface area contributed by atoms with Crippen molar-refractivity contribution in [2.24, 2.45) is 0 Å². The fraction of sp³-hybridized carbons (Fsp3) is 0.684. The molecule has 6 nitrogen and oxygen atoms in total. The van der Waals surface area contributed by atoms with Crippen molar-refractivity contribution in [3.05, 3.63) is 34.2 Å². The minimum atomic E-state index is -0.221. The Bertz CT molecular complexity index is 653. The van der Waals surface area contributed by atoms with Crippen molar-refractivity contribution >= 4 is 5.91 Å². The molecule has 3 fully saturated rings. The standard InChI is InChI=1S/C19H28N4O2/c24-18-12-15(6-7-20-18)19(25)23-13-17(14-23)22-10-8-21(9-11-22)16-4-2-1-3-5-16/h6-7,12,16-17H,1-5,8-11,13-14H2,(H,20,24). The van der Waals surface area contributed by atoms with Crippen LogP contribution < -0.4 is 5.56 Å². The number of aromatic nitrogens is 1. The molecule has 6 heteroatoms. The number of carbonyl (C=O) groups excluding carboxylic acids is 1. The van der Waals surface area contributed by atoms with Crippen LogP contribution in [-0.4, -0.2) is 76.9 Å². The molecule has 1 amide bonds. The highest BCUT2D eigenvalue weighted by Gasteiger charge is 2.37. The van der Waals surface area contributed by atoms with E-state index in [1.54, 1.807) is 6.07 Å². The van der Waals surface area contributed by atoms with Crippen LogP contribution in [0.25, 0.3) is 0 Å². The zero-order valence-electron chi connectivity index (χ0n) is 14.8. The van der Waals surface area contributed by atoms with Crippen molar-refractivity contribution < 1.29 is 4.79 Å². The number of carbonyl (C=O) groups is 1. The van der Waals surface area contributed by atoms with Crippen LogP contribution in [0.5, 0.6) is 0 Å². The van der Waals surface area contributed by atoms with E-state index in [0.717, 1.165) is 32.2 Å². The highest BCUT2D eigenvalue weighted by Crippen LogP contribution is 2.25. The summed E-state index contributed by atoms with van der Waals surface area (Å²) >= 11 is 0. The molecule has 3 heterocycles. The smallest absolute Gasteiger partial charge is 0.254 e. The van der Waals surface area contributed by atoms with Gasteiger partial charge in [0.25, 0.3) is 5.91 Å². The molecular weight excluding hydrogens is 316 g/mol. The van der Waals surface area contributed by atoms with Gasteiger partial charge in [-0.15, -0.1) is 0 Å². The van der Waals surface area contributed by atoms with E-state index >= 15 is 0 Å². The Morgan fingerprint density at radius 3 is 2.24 bits per heavy atom. The summed E-state index contributed by atoms with van der Waals surface area (Å²) in [7, 11) is 0. The van der Waals surface area contributed by atoms with Crippen molar-refractivity contribution in [1.29, 1.82) is 0 Å². The van der Waals surface area contributed by atoms with Gasteiger partial charge in [-0.2, -0.15) is 0 Å². The fourth-order valence-corrected chi connectivity index (χ4v) is 4.53. The van der Waals surface area contributed by atoms with Crippen LogP contribution in [0.15, 0.2) is 23.1 Å². The molecule has 2 aliphatic heterocycles. The molecule has 2 saturated heterocycles. The van der Waals surface area contributed by atoms with Crippen LogP contribution in [0.3, 0.4) is 0 Å². The molecule has 1 aromatic rings. The van der Waals surface area contributed by atoms with Crippen molar-refractivity contribution in [2.75, 3.05) is 39.3 Å². The van der Waals surface area contributed by atoms with Gasteiger partial charge in [0.05, 0.1) is 0 Å². The van der Waals surface area contributed by atoms with Crippen LogP contribution in [-0.2, 0) is 0 Å². The van der Waals surface area contributed by atoms with Crippen LogP contribution in [0.1, 0.15) is 42.5 Å². The van der Waals surface area contributed by atoms with Crippen LogP contribution in [0, 0.1) is 0 Å². The lowest BCUT2D eigenvalue weighted by Gasteiger charge is -2.49. The van der Waals surface area contributed by atoms with Crippen molar-refractivity contribution in [1.82, 2.24) is 19.7 Å². The van der Waals surface area contributed by atoms with Crippen molar-refractivity contribution in [3.63, 3.8) is 0 Å². The van der Waals surface area contributed by atoms with Crippen molar-refractivity contribution in [2.45, 2.75) is 44.2 Å². The number of H-pyrrole nitrogens is 1. The third-order valence-electron chi connectivity index (χ3n) is 6.13. The summed E-state index contributed by atoms with van der Waals surface area (Å²) in [6, 6.07) is 4.37. The highest BCUT2D eigenvalue weighted by atomic mass is 16.2. The number of hydrogen-bond acceptors (Lipinski definition) is 4. The van der Waals surface area contributed by atoms with Crippen LogP contribution >= 0.6 is 0 Å². The van der Waals surface area contributed by atoms with Gasteiger partial charge in [-0.05, 0) is 18.9 Å². The van der Waals surface area contributed by atoms with Gasteiger partial charge in [-0.25, -0.2) is 0 Å². The second kappa shape index (κ2) is 7.30. The normalized spacial score (nSPS) is 24.2. The third kappa shape index (κ3) is 3.65. The van der Waals surface area contributed by atoms with Gasteiger partial charge < -0.3 is 9.88 Å². The number of nitrogens with zero attached hydrogens (tertiary/aromatic N) is 3. The summed E-state index contributed by atoms with van der Waals surface area (Å²) in [5.74, 6) is -0.0248. The molecule has 1 N–H and O–H groups in total. The van der Waals surface area contributed by atoms with Gasteiger partial charge in [0.15, 0.2) is 0 Å². The number of likely N-dealkylation sites (tertiary alicyclic amines) is 1. The minimum absolute atomic E-state index is 0.0248. The molecule has 3 aliphatic rings. The Balaban J connectivity index is 1.24. The first-order chi connectivity index (χ1) is 12.2. The maximum Gasteiger partial charge on any atom is 0.254 e. The molecule has 4 rings (SSSR count). The maximum absolute atomic E-state index is 12.4. The van der Waals surface area contributed by atoms with Crippen LogP contribution in [0.4, 0.5) is 0 Å². The highest BCUT2D eigenvalue weighted by molar-refractivity contribution is 5.94. The molecule has 25 heavy (non-hydrogen) atoms. The van der Waals surface area contributed by atoms with E-state index in [1.807, 2.05) is 4.90 Å². The molecular formula is C19H28N4O2. The Morgan fingerprint density at radius 2 is 1.60 bits per heavy atom. The number of amides is 1. The molecule has 136 valence electrons. The number of aromatic amines is 1. The lowest BCUT2D eigenvalue weighted by molar-refractivity contribution is -0.00264. The zero-order chi connectivity index (χ0) is 17.2. The summed E-state index contributed by atoms with van der Waals surface area (Å²) < 4.78 is 0. The number of piperazine rings is 1. The zero-order valence-corrected chi connectivity index (χ0v) is 14.8. The summed E-state index contributed by atoms with van der Waals surface area (Å²) in [4.78, 5) is 33.4. The van der Waals surface area contributed by atoms with Gasteiger partial charge >= 0.3 is 0 Å². The Kier molecular flexibility index (Phi) is 4.90. The lowest BCUT2D eigenvalue weighted by atomic mass is 9.93. The van der Waals surface area contributed by atoms with E-state index in [2.05, 4.69) is 14.8 Å². The molecule has 0 unspecified atom stereocenters. The van der Waals surface area contributed by atoms with E-state index in [4.69, 9.17) is 0 Å². The minimum Gasteiger partial charge on any atom is -0.335 e. The Morgan fingerprint density at radius 1 is 0.960 bits per heavy atom. The van der Waals surface area contributed by atoms with E-state index in [-0.39, 0.29) is 11.5 Å². The molecule has 1 aromatic heterocycles. The number of hydrogen-bond donors (Lipinski definition) is 1. The van der Waals surface area contributed by atoms with Crippen LogP contribution in [0.2, 0.25) is 0 Å². The van der Waals surface area contributed by atoms with Gasteiger partial charge in [0.1, 0.15) is 0 Å². The maximum atomic E-state index is 12.4. The molecule has 1 saturated carbocycles. The topological polar surface area (TPSA) is 59.7 Å². The average Bonchev–Trinajstić information content (AvgIpc) is 2.62. The Hall–Kier alpha value is -1.66. The van der Waals surface area contributed by atoms with E-state index in [0.29, 0.717) is 11.6 Å². The molecule has 0 bridgehead atoms. The third-order valence-corrected chi connectivity index (χ3v) is 6.13. The summed E-state index contributed by atoms with van der Waals surface area (Å²) in [5.41, 5.74) is 0.270. The second-order valence-corrected chi connectivity index (χ2v) is 7.67. The van der Waals surface area contributed by atoms with E-state index < -0.39 is 0 Å². The van der Waals surface area contributed by atoms with Gasteiger partial charge in [0, 0.05) is 69.2 Å². The van der Waals surface area contributed by atoms with Gasteiger partial charge in [-0.3, -0.25) is 19.4 Å². The largest absolute Gasteiger partial charge is 0.335 e. The van der Waals surface area contributed by atoms with Gasteiger partial charge in [0.2, 0.25) is 5.56 Å². The van der Waals surface area contributed by atoms with Crippen molar-refractivity contribution in [3.8, 4) is 0 Å². The quantitative estimate of drug-likeness (QED) is 0.894. The first kappa shape index (κ1) is 16.8. The van der Waals surface area contributed by atoms with E-state index in [1.165, 1.54) is 57.5 Å². The number of rotatable bonds is 3. The number of pyridine rings is 1. The molecule has 0 atom stereocenters. The van der Waals surface area contributed by atoms with Gasteiger partial charge in [-0.1, -0.05) is 19.3 Å². The average molecular weight is 344 g/mol. The number of nitrogens with one attached hydrogen (secondary N) is 1. The molecule has 0 aromatic carbocycles. The molecule has 1 aliphatic carbocycles. The second-order valence-electron chi connectivity index (χ2n) is 7.67. The first-order valence-corrected chi connectivity index (χ1v) is 9.67. The summed E-state index contributed by atoms with van der Waals surface area (Å²) in [6.45, 7) is 6.15. The summed E-state index contributed by atoms with van der Waals surface area (Å²) in [5, 5.41) is 0. The molecule has 0 radical (unpaired) electrons. The first-order valence-electron chi connectivity index (χ1n) is 9.67. The summed E-state index contributed by atoms with van der Waals surface area (Å²) in [6.07, 6.45) is 8.50. The predicted octanol–water partition coefficient (Wildman–Crippen LogP) is 1.15. The Labute approximate surface area is 148 Å². The monoisotopic (exact) mass is 344 g/mol. The van der Waals surface area contributed by atoms with E-state index in [9.17, 15) is 9.59 Å².